The number of halogens is 4. The second kappa shape index (κ2) is 8.27. The van der Waals surface area contributed by atoms with Gasteiger partial charge in [-0.1, -0.05) is 18.2 Å². The van der Waals surface area contributed by atoms with Crippen LogP contribution in [0, 0.1) is 5.82 Å². The number of aromatic amines is 1. The molecule has 6 nitrogen and oxygen atoms in total. The summed E-state index contributed by atoms with van der Waals surface area (Å²) >= 11 is 0. The molecule has 0 spiro atoms. The summed E-state index contributed by atoms with van der Waals surface area (Å²) in [4.78, 5) is 26.0. The molecule has 0 unspecified atom stereocenters. The number of amides is 3. The molecule has 1 heterocycles. The number of aromatic nitrogens is 1. The first-order valence-electron chi connectivity index (χ1n) is 8.63. The van der Waals surface area contributed by atoms with Crippen LogP contribution in [0.3, 0.4) is 0 Å². The van der Waals surface area contributed by atoms with Gasteiger partial charge in [0.25, 0.3) is 0 Å². The number of hydrogen-bond acceptors (Lipinski definition) is 2. The van der Waals surface area contributed by atoms with Crippen molar-refractivity contribution in [2.24, 2.45) is 0 Å². The van der Waals surface area contributed by atoms with E-state index >= 15 is 0 Å². The predicted molar refractivity (Wildman–Crippen MR) is 105 cm³/mol. The quantitative estimate of drug-likeness (QED) is 0.424. The van der Waals surface area contributed by atoms with Gasteiger partial charge in [-0.15, -0.1) is 0 Å². The number of carbonyl (C=O) groups is 2. The molecule has 0 saturated heterocycles. The Morgan fingerprint density at radius 3 is 2.27 bits per heavy atom. The molecule has 30 heavy (non-hydrogen) atoms. The summed E-state index contributed by atoms with van der Waals surface area (Å²) < 4.78 is 52.3. The number of hydrogen-bond donors (Lipinski definition) is 4. The molecule has 3 rings (SSSR count). The zero-order valence-corrected chi connectivity index (χ0v) is 15.5. The Morgan fingerprint density at radius 2 is 1.63 bits per heavy atom. The zero-order chi connectivity index (χ0) is 21.9. The number of urea groups is 1. The van der Waals surface area contributed by atoms with Crippen LogP contribution in [0.25, 0.3) is 11.1 Å². The van der Waals surface area contributed by atoms with Gasteiger partial charge in [0.2, 0.25) is 5.91 Å². The van der Waals surface area contributed by atoms with E-state index in [2.05, 4.69) is 20.9 Å². The molecular formula is C20H16F4N4O2. The van der Waals surface area contributed by atoms with Crippen molar-refractivity contribution in [3.63, 3.8) is 0 Å². The highest BCUT2D eigenvalue weighted by molar-refractivity contribution is 6.00. The Bertz CT molecular complexity index is 1080. The Labute approximate surface area is 168 Å². The fraction of sp³-hybridized carbons (Fsp3) is 0.100. The minimum Gasteiger partial charge on any atom is -0.348 e. The van der Waals surface area contributed by atoms with Crippen molar-refractivity contribution in [1.82, 2.24) is 4.98 Å². The normalized spacial score (nSPS) is 11.1. The van der Waals surface area contributed by atoms with Crippen LogP contribution < -0.4 is 16.0 Å². The topological polar surface area (TPSA) is 86.0 Å². The van der Waals surface area contributed by atoms with Crippen LogP contribution in [0.5, 0.6) is 0 Å². The average Bonchev–Trinajstić information content (AvgIpc) is 3.11. The van der Waals surface area contributed by atoms with Crippen molar-refractivity contribution >= 4 is 29.1 Å². The molecule has 4 N–H and O–H groups in total. The van der Waals surface area contributed by atoms with E-state index in [9.17, 15) is 27.2 Å². The Kier molecular flexibility index (Phi) is 5.77. The van der Waals surface area contributed by atoms with Crippen LogP contribution in [0.1, 0.15) is 12.5 Å². The lowest BCUT2D eigenvalue weighted by Crippen LogP contribution is -2.21. The van der Waals surface area contributed by atoms with Crippen LogP contribution in [0.15, 0.2) is 54.7 Å². The van der Waals surface area contributed by atoms with Gasteiger partial charge in [-0.05, 0) is 35.9 Å². The number of nitrogens with one attached hydrogen (secondary N) is 4. The first-order chi connectivity index (χ1) is 14.1. The van der Waals surface area contributed by atoms with Crippen molar-refractivity contribution in [2.75, 3.05) is 16.0 Å². The second-order valence-corrected chi connectivity index (χ2v) is 6.30. The summed E-state index contributed by atoms with van der Waals surface area (Å²) in [6.45, 7) is 1.39. The maximum absolute atomic E-state index is 14.0. The Morgan fingerprint density at radius 1 is 0.933 bits per heavy atom. The monoisotopic (exact) mass is 420 g/mol. The standard InChI is InChI=1S/C20H16F4N4O2/c1-11(29)26-17-9-13(10-25-17)12-5-7-14(8-6-12)27-19(30)28-16-4-2-3-15(18(16)21)20(22,23)24/h2-10,25H,1H3,(H,26,29)(H2,27,28,30). The summed E-state index contributed by atoms with van der Waals surface area (Å²) in [5.41, 5.74) is -0.119. The van der Waals surface area contributed by atoms with E-state index in [-0.39, 0.29) is 5.91 Å². The first kappa shape index (κ1) is 20.9. The third kappa shape index (κ3) is 4.96. The predicted octanol–water partition coefficient (Wildman–Crippen LogP) is 5.44. The van der Waals surface area contributed by atoms with Gasteiger partial charge in [-0.25, -0.2) is 9.18 Å². The number of anilines is 3. The molecule has 1 aromatic heterocycles. The van der Waals surface area contributed by atoms with Crippen LogP contribution in [0.2, 0.25) is 0 Å². The van der Waals surface area contributed by atoms with Crippen LogP contribution in [-0.2, 0) is 11.0 Å². The lowest BCUT2D eigenvalue weighted by molar-refractivity contribution is -0.139. The fourth-order valence-corrected chi connectivity index (χ4v) is 2.70. The van der Waals surface area contributed by atoms with E-state index in [4.69, 9.17) is 0 Å². The molecule has 0 atom stereocenters. The van der Waals surface area contributed by atoms with Crippen molar-refractivity contribution in [3.8, 4) is 11.1 Å². The van der Waals surface area contributed by atoms with Crippen molar-refractivity contribution in [2.45, 2.75) is 13.1 Å². The molecule has 3 aromatic rings. The van der Waals surface area contributed by atoms with Crippen LogP contribution in [-0.4, -0.2) is 16.9 Å². The molecule has 0 aliphatic rings. The van der Waals surface area contributed by atoms with E-state index in [0.717, 1.165) is 23.3 Å². The van der Waals surface area contributed by atoms with Crippen molar-refractivity contribution in [1.29, 1.82) is 0 Å². The molecule has 0 radical (unpaired) electrons. The lowest BCUT2D eigenvalue weighted by Gasteiger charge is -2.12. The number of H-pyrrole nitrogens is 1. The maximum Gasteiger partial charge on any atom is 0.419 e. The van der Waals surface area contributed by atoms with Gasteiger partial charge in [0.15, 0.2) is 5.82 Å². The van der Waals surface area contributed by atoms with E-state index in [1.807, 2.05) is 0 Å². The molecular weight excluding hydrogens is 404 g/mol. The van der Waals surface area contributed by atoms with Gasteiger partial charge >= 0.3 is 12.2 Å². The van der Waals surface area contributed by atoms with Gasteiger partial charge in [0.05, 0.1) is 11.3 Å². The van der Waals surface area contributed by atoms with Crippen LogP contribution >= 0.6 is 0 Å². The molecule has 0 saturated carbocycles. The third-order valence-corrected chi connectivity index (χ3v) is 4.02. The van der Waals surface area contributed by atoms with Gasteiger partial charge in [0, 0.05) is 24.4 Å². The zero-order valence-electron chi connectivity index (χ0n) is 15.5. The van der Waals surface area contributed by atoms with Crippen molar-refractivity contribution in [3.05, 3.63) is 66.1 Å². The van der Waals surface area contributed by atoms with Crippen molar-refractivity contribution < 1.29 is 27.2 Å². The smallest absolute Gasteiger partial charge is 0.348 e. The summed E-state index contributed by atoms with van der Waals surface area (Å²) in [6.07, 6.45) is -3.18. The minimum atomic E-state index is -4.87. The first-order valence-corrected chi connectivity index (χ1v) is 8.63. The highest BCUT2D eigenvalue weighted by atomic mass is 19.4. The maximum atomic E-state index is 14.0. The number of carbonyl (C=O) groups excluding carboxylic acids is 2. The van der Waals surface area contributed by atoms with Gasteiger partial charge in [0.1, 0.15) is 5.82 Å². The molecule has 2 aromatic carbocycles. The lowest BCUT2D eigenvalue weighted by atomic mass is 10.1. The largest absolute Gasteiger partial charge is 0.419 e. The van der Waals surface area contributed by atoms with E-state index in [1.165, 1.54) is 6.92 Å². The summed E-state index contributed by atoms with van der Waals surface area (Å²) in [5, 5.41) is 7.10. The number of rotatable bonds is 4. The number of benzene rings is 2. The highest BCUT2D eigenvalue weighted by Gasteiger charge is 2.35. The fourth-order valence-electron chi connectivity index (χ4n) is 2.70. The molecule has 0 aliphatic heterocycles. The van der Waals surface area contributed by atoms with Gasteiger partial charge < -0.3 is 20.9 Å². The summed E-state index contributed by atoms with van der Waals surface area (Å²) in [6, 6.07) is 10.00. The molecule has 10 heteroatoms. The SMILES string of the molecule is CC(=O)Nc1cc(-c2ccc(NC(=O)Nc3cccc(C(F)(F)F)c3F)cc2)c[nH]1. The summed E-state index contributed by atoms with van der Waals surface area (Å²) in [7, 11) is 0. The Balaban J connectivity index is 1.67. The van der Waals surface area contributed by atoms with Crippen LogP contribution in [0.4, 0.5) is 39.5 Å². The van der Waals surface area contributed by atoms with E-state index in [0.29, 0.717) is 17.6 Å². The number of alkyl halides is 3. The molecule has 0 fully saturated rings. The minimum absolute atomic E-state index is 0.217. The van der Waals surface area contributed by atoms with Gasteiger partial charge in [-0.3, -0.25) is 4.79 Å². The third-order valence-electron chi connectivity index (χ3n) is 4.02. The highest BCUT2D eigenvalue weighted by Crippen LogP contribution is 2.34. The van der Waals surface area contributed by atoms with E-state index < -0.39 is 29.3 Å². The summed E-state index contributed by atoms with van der Waals surface area (Å²) in [5.74, 6) is -1.24. The molecule has 156 valence electrons. The molecule has 0 bridgehead atoms. The molecule has 3 amide bonds. The molecule has 0 aliphatic carbocycles. The second-order valence-electron chi connectivity index (χ2n) is 6.30. The average molecular weight is 420 g/mol. The van der Waals surface area contributed by atoms with E-state index in [1.54, 1.807) is 36.5 Å². The van der Waals surface area contributed by atoms with Gasteiger partial charge in [-0.2, -0.15) is 13.2 Å². The Hall–Kier alpha value is -3.82.